The molecule has 0 radical (unpaired) electrons. The Morgan fingerprint density at radius 2 is 1.52 bits per heavy atom. The van der Waals surface area contributed by atoms with Crippen molar-refractivity contribution in [3.8, 4) is 17.0 Å². The monoisotopic (exact) mass is 445 g/mol. The van der Waals surface area contributed by atoms with E-state index in [1.807, 2.05) is 12.3 Å². The van der Waals surface area contributed by atoms with E-state index in [1.54, 1.807) is 0 Å². The van der Waals surface area contributed by atoms with Gasteiger partial charge in [-0.25, -0.2) is 0 Å². The Hall–Kier alpha value is -2.48. The molecule has 0 aliphatic heterocycles. The van der Waals surface area contributed by atoms with Crippen LogP contribution in [-0.4, -0.2) is 10.1 Å². The molecule has 0 fully saturated rings. The largest absolute Gasteiger partial charge is 0.507 e. The van der Waals surface area contributed by atoms with Crippen molar-refractivity contribution in [3.05, 3.63) is 77.0 Å². The van der Waals surface area contributed by atoms with E-state index in [9.17, 15) is 5.11 Å². The first kappa shape index (κ1) is 25.1. The number of hydrogen-bond donors (Lipinski definition) is 2. The van der Waals surface area contributed by atoms with Crippen LogP contribution in [-0.2, 0) is 17.3 Å². The molecule has 3 aromatic rings. The zero-order chi connectivity index (χ0) is 24.4. The summed E-state index contributed by atoms with van der Waals surface area (Å²) in [4.78, 5) is 3.40. The summed E-state index contributed by atoms with van der Waals surface area (Å²) < 4.78 is 0. The van der Waals surface area contributed by atoms with Crippen molar-refractivity contribution in [2.45, 2.75) is 91.9 Å². The van der Waals surface area contributed by atoms with Gasteiger partial charge in [-0.05, 0) is 58.9 Å². The van der Waals surface area contributed by atoms with E-state index in [-0.39, 0.29) is 16.2 Å². The fourth-order valence-electron chi connectivity index (χ4n) is 5.61. The number of hydrogen-bond acceptors (Lipinski definition) is 1. The number of rotatable bonds is 8. The molecule has 0 aliphatic rings. The van der Waals surface area contributed by atoms with Crippen LogP contribution in [0.3, 0.4) is 0 Å². The van der Waals surface area contributed by atoms with Crippen LogP contribution in [0.2, 0.25) is 0 Å². The minimum atomic E-state index is -0.331. The summed E-state index contributed by atoms with van der Waals surface area (Å²) in [6.45, 7) is 18.4. The van der Waals surface area contributed by atoms with E-state index in [0.717, 1.165) is 42.5 Å². The lowest BCUT2D eigenvalue weighted by molar-refractivity contribution is 0.282. The molecule has 3 rings (SSSR count). The molecule has 0 atom stereocenters. The second-order valence-corrected chi connectivity index (χ2v) is 12.0. The van der Waals surface area contributed by atoms with Crippen LogP contribution in [0, 0.1) is 5.41 Å². The first-order valence-electron chi connectivity index (χ1n) is 12.5. The Kier molecular flexibility index (Phi) is 7.17. The van der Waals surface area contributed by atoms with Crippen molar-refractivity contribution in [1.29, 1.82) is 0 Å². The third-order valence-corrected chi connectivity index (χ3v) is 6.93. The fourth-order valence-corrected chi connectivity index (χ4v) is 5.61. The van der Waals surface area contributed by atoms with Gasteiger partial charge in [-0.15, -0.1) is 0 Å². The Morgan fingerprint density at radius 3 is 2.06 bits per heavy atom. The van der Waals surface area contributed by atoms with Gasteiger partial charge in [0.15, 0.2) is 0 Å². The molecule has 2 N–H and O–H groups in total. The van der Waals surface area contributed by atoms with Crippen LogP contribution in [0.25, 0.3) is 11.3 Å². The van der Waals surface area contributed by atoms with E-state index in [0.29, 0.717) is 5.75 Å². The lowest BCUT2D eigenvalue weighted by Crippen LogP contribution is -2.28. The maximum Gasteiger partial charge on any atom is 0.129 e. The molecule has 2 aromatic carbocycles. The summed E-state index contributed by atoms with van der Waals surface area (Å²) in [7, 11) is 0. The highest BCUT2D eigenvalue weighted by Gasteiger charge is 2.35. The number of aromatic amines is 1. The first-order chi connectivity index (χ1) is 15.4. The smallest absolute Gasteiger partial charge is 0.129 e. The number of unbranched alkanes of at least 4 members (excludes halogenated alkanes) is 1. The van der Waals surface area contributed by atoms with Gasteiger partial charge in [0.25, 0.3) is 0 Å². The van der Waals surface area contributed by atoms with E-state index in [4.69, 9.17) is 0 Å². The molecule has 0 saturated carbocycles. The number of phenolic OH excluding ortho intramolecular Hbond substituents is 1. The predicted octanol–water partition coefficient (Wildman–Crippen LogP) is 8.77. The number of benzene rings is 2. The summed E-state index contributed by atoms with van der Waals surface area (Å²) >= 11 is 0. The molecular weight excluding hydrogens is 402 g/mol. The highest BCUT2D eigenvalue weighted by Crippen LogP contribution is 2.49. The van der Waals surface area contributed by atoms with Gasteiger partial charge in [0.1, 0.15) is 5.75 Å². The van der Waals surface area contributed by atoms with Crippen molar-refractivity contribution in [3.63, 3.8) is 0 Å². The fraction of sp³-hybridized carbons (Fsp3) is 0.484. The quantitative estimate of drug-likeness (QED) is 0.357. The normalized spacial score (nSPS) is 12.8. The van der Waals surface area contributed by atoms with E-state index >= 15 is 0 Å². The van der Waals surface area contributed by atoms with Gasteiger partial charge in [-0.3, -0.25) is 0 Å². The van der Waals surface area contributed by atoms with Crippen molar-refractivity contribution >= 4 is 0 Å². The second kappa shape index (κ2) is 9.41. The van der Waals surface area contributed by atoms with Gasteiger partial charge in [0, 0.05) is 28.4 Å². The van der Waals surface area contributed by atoms with Crippen LogP contribution in [0.1, 0.15) is 96.9 Å². The highest BCUT2D eigenvalue weighted by molar-refractivity contribution is 5.76. The minimum Gasteiger partial charge on any atom is -0.507 e. The molecular formula is C31H43NO. The third kappa shape index (κ3) is 5.37. The molecule has 2 nitrogen and oxygen atoms in total. The molecule has 0 aliphatic carbocycles. The molecule has 178 valence electrons. The predicted molar refractivity (Wildman–Crippen MR) is 142 cm³/mol. The van der Waals surface area contributed by atoms with E-state index < -0.39 is 0 Å². The van der Waals surface area contributed by atoms with Gasteiger partial charge in [-0.1, -0.05) is 98.2 Å². The SMILES string of the molecule is CCCCc1c(C(C)(C)CC(C)(C)C)cc(C(C)(C)c2ccccc2)c(O)c1-c1ccc[nH]1. The summed E-state index contributed by atoms with van der Waals surface area (Å²) in [5, 5.41) is 11.8. The zero-order valence-corrected chi connectivity index (χ0v) is 22.0. The van der Waals surface area contributed by atoms with Crippen LogP contribution in [0.15, 0.2) is 54.7 Å². The molecule has 0 saturated heterocycles. The highest BCUT2D eigenvalue weighted by atomic mass is 16.3. The van der Waals surface area contributed by atoms with Gasteiger partial charge < -0.3 is 10.1 Å². The average molecular weight is 446 g/mol. The Labute approximate surface area is 201 Å². The molecule has 0 bridgehead atoms. The Balaban J connectivity index is 2.37. The number of H-pyrrole nitrogens is 1. The lowest BCUT2D eigenvalue weighted by Gasteiger charge is -2.37. The zero-order valence-electron chi connectivity index (χ0n) is 22.0. The van der Waals surface area contributed by atoms with Crippen LogP contribution >= 0.6 is 0 Å². The Morgan fingerprint density at radius 1 is 0.848 bits per heavy atom. The summed E-state index contributed by atoms with van der Waals surface area (Å²) in [5.41, 5.74) is 6.68. The average Bonchev–Trinajstić information content (AvgIpc) is 3.25. The topological polar surface area (TPSA) is 36.0 Å². The van der Waals surface area contributed by atoms with Crippen molar-refractivity contribution in [2.24, 2.45) is 5.41 Å². The van der Waals surface area contributed by atoms with Crippen LogP contribution in [0.5, 0.6) is 5.75 Å². The number of nitrogens with one attached hydrogen (secondary N) is 1. The van der Waals surface area contributed by atoms with E-state index in [2.05, 4.69) is 103 Å². The van der Waals surface area contributed by atoms with Gasteiger partial charge in [0.2, 0.25) is 0 Å². The maximum atomic E-state index is 11.8. The third-order valence-electron chi connectivity index (χ3n) is 6.93. The van der Waals surface area contributed by atoms with Crippen molar-refractivity contribution < 1.29 is 5.11 Å². The minimum absolute atomic E-state index is 0.0299. The maximum absolute atomic E-state index is 11.8. The standard InChI is InChI=1S/C31H43NO/c1-9-10-17-23-24(30(5,6)21-29(2,3)4)20-25(28(33)27(23)26-18-14-19-32-26)31(7,8)22-15-12-11-13-16-22/h11-16,18-20,32-33H,9-10,17,21H2,1-8H3. The van der Waals surface area contributed by atoms with E-state index in [1.165, 1.54) is 16.7 Å². The van der Waals surface area contributed by atoms with Gasteiger partial charge in [-0.2, -0.15) is 0 Å². The summed E-state index contributed by atoms with van der Waals surface area (Å²) in [6.07, 6.45) is 6.22. The summed E-state index contributed by atoms with van der Waals surface area (Å²) in [6, 6.07) is 17.0. The van der Waals surface area contributed by atoms with Crippen LogP contribution in [0.4, 0.5) is 0 Å². The molecule has 0 amide bonds. The number of phenols is 1. The molecule has 1 aromatic heterocycles. The Bertz CT molecular complexity index is 1050. The molecule has 33 heavy (non-hydrogen) atoms. The number of aromatic nitrogens is 1. The van der Waals surface area contributed by atoms with Crippen molar-refractivity contribution in [1.82, 2.24) is 4.98 Å². The molecule has 0 spiro atoms. The second-order valence-electron chi connectivity index (χ2n) is 12.0. The summed E-state index contributed by atoms with van der Waals surface area (Å²) in [5.74, 6) is 0.410. The number of aromatic hydroxyl groups is 1. The van der Waals surface area contributed by atoms with Crippen LogP contribution < -0.4 is 0 Å². The van der Waals surface area contributed by atoms with Crippen molar-refractivity contribution in [2.75, 3.05) is 0 Å². The lowest BCUT2D eigenvalue weighted by atomic mass is 9.67. The molecule has 1 heterocycles. The first-order valence-corrected chi connectivity index (χ1v) is 12.5. The van der Waals surface area contributed by atoms with Gasteiger partial charge in [0.05, 0.1) is 0 Å². The van der Waals surface area contributed by atoms with Gasteiger partial charge >= 0.3 is 0 Å². The molecule has 2 heteroatoms. The molecule has 0 unspecified atom stereocenters.